The van der Waals surface area contributed by atoms with Gasteiger partial charge < -0.3 is 14.7 Å². The smallest absolute Gasteiger partial charge is 0.227 e. The first kappa shape index (κ1) is 13.6. The third kappa shape index (κ3) is 3.12. The maximum atomic E-state index is 12.3. The van der Waals surface area contributed by atoms with E-state index in [-0.39, 0.29) is 24.7 Å². The Morgan fingerprint density at radius 1 is 1.56 bits per heavy atom. The zero-order chi connectivity index (χ0) is 13.0. The largest absolute Gasteiger partial charge is 0.394 e. The molecule has 1 aliphatic heterocycles. The van der Waals surface area contributed by atoms with Crippen molar-refractivity contribution in [3.63, 3.8) is 0 Å². The number of hydrogen-bond acceptors (Lipinski definition) is 3. The molecule has 2 atom stereocenters. The molecule has 0 aromatic heterocycles. The Morgan fingerprint density at radius 3 is 3.00 bits per heavy atom. The second-order valence-corrected chi connectivity index (χ2v) is 5.26. The van der Waals surface area contributed by atoms with Crippen LogP contribution < -0.4 is 0 Å². The van der Waals surface area contributed by atoms with Crippen LogP contribution in [0, 0.1) is 0 Å². The molecule has 18 heavy (non-hydrogen) atoms. The lowest BCUT2D eigenvalue weighted by molar-refractivity contribution is -0.132. The molecule has 0 aromatic carbocycles. The number of allylic oxidation sites excluding steroid dienone is 1. The summed E-state index contributed by atoms with van der Waals surface area (Å²) in [6.07, 6.45) is 8.15. The Kier molecular flexibility index (Phi) is 4.78. The molecule has 0 spiro atoms. The highest BCUT2D eigenvalue weighted by atomic mass is 16.5. The van der Waals surface area contributed by atoms with E-state index in [4.69, 9.17) is 4.74 Å². The van der Waals surface area contributed by atoms with E-state index in [2.05, 4.69) is 6.08 Å². The summed E-state index contributed by atoms with van der Waals surface area (Å²) in [7, 11) is 1.66. The molecule has 4 nitrogen and oxygen atoms in total. The number of methoxy groups -OCH3 is 1. The van der Waals surface area contributed by atoms with Crippen molar-refractivity contribution in [1.82, 2.24) is 4.90 Å². The second kappa shape index (κ2) is 6.34. The average molecular weight is 253 g/mol. The van der Waals surface area contributed by atoms with Crippen LogP contribution in [0.2, 0.25) is 0 Å². The molecule has 0 saturated carbocycles. The van der Waals surface area contributed by atoms with Crippen molar-refractivity contribution >= 4 is 5.91 Å². The molecule has 0 radical (unpaired) electrons. The minimum atomic E-state index is -0.0633. The highest BCUT2D eigenvalue weighted by Gasteiger charge is 2.34. The van der Waals surface area contributed by atoms with Crippen molar-refractivity contribution in [2.24, 2.45) is 0 Å². The molecule has 2 rings (SSSR count). The van der Waals surface area contributed by atoms with Crippen LogP contribution in [0.25, 0.3) is 0 Å². The van der Waals surface area contributed by atoms with Gasteiger partial charge in [-0.3, -0.25) is 4.79 Å². The maximum absolute atomic E-state index is 12.3. The summed E-state index contributed by atoms with van der Waals surface area (Å²) >= 11 is 0. The molecule has 1 N–H and O–H groups in total. The van der Waals surface area contributed by atoms with Crippen LogP contribution in [0.1, 0.15) is 38.5 Å². The monoisotopic (exact) mass is 253 g/mol. The van der Waals surface area contributed by atoms with Gasteiger partial charge in [0, 0.05) is 20.1 Å². The topological polar surface area (TPSA) is 49.8 Å². The third-order valence-corrected chi connectivity index (χ3v) is 4.00. The molecule has 4 heteroatoms. The number of nitrogens with zero attached hydrogens (tertiary/aromatic N) is 1. The zero-order valence-electron chi connectivity index (χ0n) is 11.1. The predicted molar refractivity (Wildman–Crippen MR) is 69.2 cm³/mol. The van der Waals surface area contributed by atoms with E-state index in [1.807, 2.05) is 0 Å². The van der Waals surface area contributed by atoms with Crippen LogP contribution in [0.4, 0.5) is 0 Å². The Morgan fingerprint density at radius 2 is 2.39 bits per heavy atom. The highest BCUT2D eigenvalue weighted by molar-refractivity contribution is 5.79. The van der Waals surface area contributed by atoms with Crippen LogP contribution in [-0.2, 0) is 9.53 Å². The van der Waals surface area contributed by atoms with E-state index in [0.29, 0.717) is 13.0 Å². The third-order valence-electron chi connectivity index (χ3n) is 4.00. The van der Waals surface area contributed by atoms with Crippen molar-refractivity contribution < 1.29 is 14.6 Å². The van der Waals surface area contributed by atoms with Crippen molar-refractivity contribution in [2.45, 2.75) is 50.7 Å². The van der Waals surface area contributed by atoms with E-state index in [9.17, 15) is 9.90 Å². The Labute approximate surface area is 109 Å². The number of aliphatic hydroxyl groups excluding tert-OH is 1. The van der Waals surface area contributed by atoms with Gasteiger partial charge in [-0.15, -0.1) is 0 Å². The molecule has 1 saturated heterocycles. The van der Waals surface area contributed by atoms with Gasteiger partial charge in [0.2, 0.25) is 5.91 Å². The van der Waals surface area contributed by atoms with Gasteiger partial charge in [0.15, 0.2) is 0 Å². The average Bonchev–Trinajstić information content (AvgIpc) is 2.83. The summed E-state index contributed by atoms with van der Waals surface area (Å²) in [6.45, 7) is 0.651. The molecule has 1 aliphatic carbocycles. The fourth-order valence-electron chi connectivity index (χ4n) is 2.88. The lowest BCUT2D eigenvalue weighted by atomic mass is 9.97. The number of ether oxygens (including phenoxy) is 1. The first-order chi connectivity index (χ1) is 8.74. The van der Waals surface area contributed by atoms with Crippen LogP contribution in [0.3, 0.4) is 0 Å². The first-order valence-electron chi connectivity index (χ1n) is 6.85. The fraction of sp³-hybridized carbons (Fsp3) is 0.786. The molecule has 2 aliphatic rings. The minimum absolute atomic E-state index is 0.0324. The Balaban J connectivity index is 1.93. The van der Waals surface area contributed by atoms with Gasteiger partial charge in [0.05, 0.1) is 18.8 Å². The number of rotatable bonds is 4. The molecule has 0 aromatic rings. The van der Waals surface area contributed by atoms with Gasteiger partial charge >= 0.3 is 0 Å². The standard InChI is InChI=1S/C14H23NO3/c1-18-13-8-12(10-16)15(9-13)14(17)7-11-5-3-2-4-6-11/h5,12-13,16H,2-4,6-10H2,1H3/t12-,13+/m0/s1. The van der Waals surface area contributed by atoms with Crippen LogP contribution >= 0.6 is 0 Å². The first-order valence-corrected chi connectivity index (χ1v) is 6.85. The number of hydrogen-bond donors (Lipinski definition) is 1. The zero-order valence-corrected chi connectivity index (χ0v) is 11.1. The maximum Gasteiger partial charge on any atom is 0.227 e. The van der Waals surface area contributed by atoms with E-state index >= 15 is 0 Å². The molecule has 0 unspecified atom stereocenters. The lowest BCUT2D eigenvalue weighted by Gasteiger charge is -2.24. The minimum Gasteiger partial charge on any atom is -0.394 e. The van der Waals surface area contributed by atoms with Crippen LogP contribution in [0.15, 0.2) is 11.6 Å². The van der Waals surface area contributed by atoms with Gasteiger partial charge in [0.25, 0.3) is 0 Å². The summed E-state index contributed by atoms with van der Waals surface area (Å²) in [5, 5.41) is 9.34. The van der Waals surface area contributed by atoms with Gasteiger partial charge in [-0.1, -0.05) is 11.6 Å². The molecular formula is C14H23NO3. The lowest BCUT2D eigenvalue weighted by Crippen LogP contribution is -2.38. The summed E-state index contributed by atoms with van der Waals surface area (Å²) in [5.41, 5.74) is 1.27. The molecule has 1 heterocycles. The molecular weight excluding hydrogens is 230 g/mol. The SMILES string of the molecule is CO[C@@H]1C[C@@H](CO)N(C(=O)CC2=CCCCC2)C1. The number of aliphatic hydroxyl groups is 1. The molecule has 1 amide bonds. The molecule has 102 valence electrons. The van der Waals surface area contributed by atoms with Crippen molar-refractivity contribution in [1.29, 1.82) is 0 Å². The van der Waals surface area contributed by atoms with Crippen LogP contribution in [-0.4, -0.2) is 48.3 Å². The van der Waals surface area contributed by atoms with Gasteiger partial charge in [0.1, 0.15) is 0 Å². The van der Waals surface area contributed by atoms with E-state index < -0.39 is 0 Å². The quantitative estimate of drug-likeness (QED) is 0.772. The summed E-state index contributed by atoms with van der Waals surface area (Å²) in [4.78, 5) is 14.1. The van der Waals surface area contributed by atoms with Crippen molar-refractivity contribution in [3.8, 4) is 0 Å². The van der Waals surface area contributed by atoms with Crippen molar-refractivity contribution in [2.75, 3.05) is 20.3 Å². The fourth-order valence-corrected chi connectivity index (χ4v) is 2.88. The predicted octanol–water partition coefficient (Wildman–Crippen LogP) is 1.49. The van der Waals surface area contributed by atoms with Crippen molar-refractivity contribution in [3.05, 3.63) is 11.6 Å². The normalized spacial score (nSPS) is 28.3. The summed E-state index contributed by atoms with van der Waals surface area (Å²) in [6, 6.07) is -0.0633. The summed E-state index contributed by atoms with van der Waals surface area (Å²) < 4.78 is 5.29. The van der Waals surface area contributed by atoms with Crippen LogP contribution in [0.5, 0.6) is 0 Å². The number of carbonyl (C=O) groups is 1. The Hall–Kier alpha value is -0.870. The second-order valence-electron chi connectivity index (χ2n) is 5.26. The highest BCUT2D eigenvalue weighted by Crippen LogP contribution is 2.25. The summed E-state index contributed by atoms with van der Waals surface area (Å²) in [5.74, 6) is 0.141. The Bertz CT molecular complexity index is 327. The van der Waals surface area contributed by atoms with Gasteiger partial charge in [-0.05, 0) is 32.1 Å². The van der Waals surface area contributed by atoms with Gasteiger partial charge in [-0.25, -0.2) is 0 Å². The number of carbonyl (C=O) groups excluding carboxylic acids is 1. The number of likely N-dealkylation sites (tertiary alicyclic amines) is 1. The van der Waals surface area contributed by atoms with Gasteiger partial charge in [-0.2, -0.15) is 0 Å². The van der Waals surface area contributed by atoms with E-state index in [1.54, 1.807) is 12.0 Å². The van der Waals surface area contributed by atoms with E-state index in [0.717, 1.165) is 19.3 Å². The van der Waals surface area contributed by atoms with E-state index in [1.165, 1.54) is 18.4 Å². The molecule has 0 bridgehead atoms. The molecule has 1 fully saturated rings. The number of amides is 1.